The van der Waals surface area contributed by atoms with Crippen LogP contribution in [0.15, 0.2) is 12.1 Å². The molecule has 0 amide bonds. The summed E-state index contributed by atoms with van der Waals surface area (Å²) in [6, 6.07) is 4.71. The average molecular weight is 294 g/mol. The zero-order chi connectivity index (χ0) is 14.5. The molecule has 0 aromatic carbocycles. The van der Waals surface area contributed by atoms with Gasteiger partial charge in [0.05, 0.1) is 11.4 Å². The van der Waals surface area contributed by atoms with Crippen LogP contribution in [0, 0.1) is 0 Å². The lowest BCUT2D eigenvalue weighted by molar-refractivity contribution is 0.0943. The summed E-state index contributed by atoms with van der Waals surface area (Å²) in [5, 5.41) is 0. The summed E-state index contributed by atoms with van der Waals surface area (Å²) in [4.78, 5) is 19.3. The van der Waals surface area contributed by atoms with Crippen molar-refractivity contribution in [3.63, 3.8) is 0 Å². The van der Waals surface area contributed by atoms with Crippen LogP contribution in [0.1, 0.15) is 41.7 Å². The molecule has 0 spiro atoms. The van der Waals surface area contributed by atoms with E-state index in [0.717, 1.165) is 37.5 Å². The van der Waals surface area contributed by atoms with Gasteiger partial charge in [-0.15, -0.1) is 11.3 Å². The number of aryl methyl sites for hydroxylation is 1. The molecule has 1 aromatic heterocycles. The number of nitrogens with zero attached hydrogens (tertiary/aromatic N) is 2. The standard InChI is InChI=1S/C16H26N2OS/c1-4-14-7-8-16(20-14)15(19)12-17-10-9-13(11-17)18(5-2)6-3/h7-8,13H,4-6,9-12H2,1-3H3. The van der Waals surface area contributed by atoms with Crippen LogP contribution in [0.2, 0.25) is 0 Å². The number of hydrogen-bond donors (Lipinski definition) is 0. The Morgan fingerprint density at radius 2 is 2.10 bits per heavy atom. The monoisotopic (exact) mass is 294 g/mol. The Morgan fingerprint density at radius 1 is 1.35 bits per heavy atom. The Kier molecular flexibility index (Phi) is 5.75. The topological polar surface area (TPSA) is 23.6 Å². The second-order valence-electron chi connectivity index (χ2n) is 5.44. The van der Waals surface area contributed by atoms with Crippen molar-refractivity contribution in [1.29, 1.82) is 0 Å². The second-order valence-corrected chi connectivity index (χ2v) is 6.61. The van der Waals surface area contributed by atoms with Crippen molar-refractivity contribution in [2.75, 3.05) is 32.7 Å². The molecule has 1 unspecified atom stereocenters. The molecule has 2 rings (SSSR count). The van der Waals surface area contributed by atoms with E-state index in [4.69, 9.17) is 0 Å². The van der Waals surface area contributed by atoms with Gasteiger partial charge in [0.1, 0.15) is 0 Å². The van der Waals surface area contributed by atoms with Crippen molar-refractivity contribution in [2.45, 2.75) is 39.7 Å². The van der Waals surface area contributed by atoms with Gasteiger partial charge in [0, 0.05) is 24.0 Å². The van der Waals surface area contributed by atoms with Crippen LogP contribution in [0.25, 0.3) is 0 Å². The fourth-order valence-corrected chi connectivity index (χ4v) is 3.87. The van der Waals surface area contributed by atoms with Crippen LogP contribution in [-0.4, -0.2) is 54.3 Å². The fraction of sp³-hybridized carbons (Fsp3) is 0.688. The van der Waals surface area contributed by atoms with Crippen LogP contribution in [0.3, 0.4) is 0 Å². The predicted molar refractivity (Wildman–Crippen MR) is 85.8 cm³/mol. The molecule has 0 radical (unpaired) electrons. The highest BCUT2D eigenvalue weighted by Gasteiger charge is 2.27. The molecule has 1 atom stereocenters. The van der Waals surface area contributed by atoms with E-state index < -0.39 is 0 Å². The van der Waals surface area contributed by atoms with Gasteiger partial charge in [-0.2, -0.15) is 0 Å². The molecule has 1 aliphatic rings. The Bertz CT molecular complexity index is 439. The largest absolute Gasteiger partial charge is 0.300 e. The summed E-state index contributed by atoms with van der Waals surface area (Å²) < 4.78 is 0. The average Bonchev–Trinajstić information content (AvgIpc) is 3.09. The molecule has 0 bridgehead atoms. The summed E-state index contributed by atoms with van der Waals surface area (Å²) in [5.74, 6) is 0.287. The van der Waals surface area contributed by atoms with Gasteiger partial charge >= 0.3 is 0 Å². The van der Waals surface area contributed by atoms with Gasteiger partial charge in [-0.3, -0.25) is 14.6 Å². The van der Waals surface area contributed by atoms with Crippen LogP contribution in [0.4, 0.5) is 0 Å². The molecule has 0 saturated carbocycles. The molecule has 2 heterocycles. The van der Waals surface area contributed by atoms with Gasteiger partial charge in [-0.25, -0.2) is 0 Å². The van der Waals surface area contributed by atoms with Crippen LogP contribution < -0.4 is 0 Å². The number of Topliss-reactive ketones (excluding diaryl/α,β-unsaturated/α-hetero) is 1. The van der Waals surface area contributed by atoms with Gasteiger partial charge in [0.25, 0.3) is 0 Å². The molecule has 1 aliphatic heterocycles. The summed E-state index contributed by atoms with van der Waals surface area (Å²) >= 11 is 1.65. The highest BCUT2D eigenvalue weighted by Crippen LogP contribution is 2.20. The van der Waals surface area contributed by atoms with Crippen molar-refractivity contribution in [3.8, 4) is 0 Å². The number of rotatable bonds is 7. The van der Waals surface area contributed by atoms with Crippen LogP contribution in [0.5, 0.6) is 0 Å². The van der Waals surface area contributed by atoms with E-state index in [1.807, 2.05) is 6.07 Å². The van der Waals surface area contributed by atoms with E-state index in [2.05, 4.69) is 36.6 Å². The molecule has 0 aliphatic carbocycles. The number of likely N-dealkylation sites (N-methyl/N-ethyl adjacent to an activating group) is 1. The number of thiophene rings is 1. The van der Waals surface area contributed by atoms with E-state index in [1.54, 1.807) is 11.3 Å². The maximum Gasteiger partial charge on any atom is 0.186 e. The van der Waals surface area contributed by atoms with E-state index in [0.29, 0.717) is 12.6 Å². The van der Waals surface area contributed by atoms with Crippen molar-refractivity contribution in [1.82, 2.24) is 9.80 Å². The smallest absolute Gasteiger partial charge is 0.186 e. The first kappa shape index (κ1) is 15.7. The number of likely N-dealkylation sites (tertiary alicyclic amines) is 1. The first-order valence-electron chi connectivity index (χ1n) is 7.76. The van der Waals surface area contributed by atoms with Crippen LogP contribution in [-0.2, 0) is 6.42 Å². The summed E-state index contributed by atoms with van der Waals surface area (Å²) in [6.45, 7) is 11.5. The molecule has 0 N–H and O–H groups in total. The quantitative estimate of drug-likeness (QED) is 0.722. The molecular formula is C16H26N2OS. The number of carbonyl (C=O) groups is 1. The first-order chi connectivity index (χ1) is 9.67. The third-order valence-electron chi connectivity index (χ3n) is 4.23. The van der Waals surface area contributed by atoms with E-state index in [-0.39, 0.29) is 5.78 Å². The minimum atomic E-state index is 0.287. The molecular weight excluding hydrogens is 268 g/mol. The van der Waals surface area contributed by atoms with Crippen LogP contribution >= 0.6 is 11.3 Å². The van der Waals surface area contributed by atoms with Gasteiger partial charge in [-0.1, -0.05) is 20.8 Å². The first-order valence-corrected chi connectivity index (χ1v) is 8.57. The lowest BCUT2D eigenvalue weighted by Crippen LogP contribution is -2.38. The van der Waals surface area contributed by atoms with Gasteiger partial charge in [0.2, 0.25) is 0 Å². The predicted octanol–water partition coefficient (Wildman–Crippen LogP) is 2.91. The third kappa shape index (κ3) is 3.68. The van der Waals surface area contributed by atoms with Crippen molar-refractivity contribution < 1.29 is 4.79 Å². The SMILES string of the molecule is CCc1ccc(C(=O)CN2CCC(N(CC)CC)C2)s1. The summed E-state index contributed by atoms with van der Waals surface area (Å²) in [7, 11) is 0. The highest BCUT2D eigenvalue weighted by atomic mass is 32.1. The number of ketones is 1. The van der Waals surface area contributed by atoms with E-state index in [1.165, 1.54) is 11.3 Å². The highest BCUT2D eigenvalue weighted by molar-refractivity contribution is 7.14. The minimum Gasteiger partial charge on any atom is -0.300 e. The summed E-state index contributed by atoms with van der Waals surface area (Å²) in [6.07, 6.45) is 2.21. The van der Waals surface area contributed by atoms with Gasteiger partial charge in [-0.05, 0) is 38.1 Å². The van der Waals surface area contributed by atoms with E-state index >= 15 is 0 Å². The third-order valence-corrected chi connectivity index (χ3v) is 5.50. The summed E-state index contributed by atoms with van der Waals surface area (Å²) in [5.41, 5.74) is 0. The lowest BCUT2D eigenvalue weighted by atomic mass is 10.2. The fourth-order valence-electron chi connectivity index (χ4n) is 2.99. The second kappa shape index (κ2) is 7.34. The maximum absolute atomic E-state index is 12.3. The van der Waals surface area contributed by atoms with Gasteiger partial charge in [0.15, 0.2) is 5.78 Å². The minimum absolute atomic E-state index is 0.287. The zero-order valence-electron chi connectivity index (χ0n) is 12.9. The zero-order valence-corrected chi connectivity index (χ0v) is 13.7. The molecule has 1 saturated heterocycles. The Balaban J connectivity index is 1.87. The molecule has 1 fully saturated rings. The molecule has 112 valence electrons. The van der Waals surface area contributed by atoms with Crippen molar-refractivity contribution >= 4 is 17.1 Å². The Hall–Kier alpha value is -0.710. The Morgan fingerprint density at radius 3 is 2.70 bits per heavy atom. The molecule has 3 nitrogen and oxygen atoms in total. The molecule has 20 heavy (non-hydrogen) atoms. The molecule has 1 aromatic rings. The lowest BCUT2D eigenvalue weighted by Gasteiger charge is -2.26. The maximum atomic E-state index is 12.3. The van der Waals surface area contributed by atoms with Gasteiger partial charge < -0.3 is 0 Å². The van der Waals surface area contributed by atoms with E-state index in [9.17, 15) is 4.79 Å². The Labute approximate surface area is 126 Å². The molecule has 4 heteroatoms. The normalized spacial score (nSPS) is 19.9. The number of carbonyl (C=O) groups excluding carboxylic acids is 1. The number of hydrogen-bond acceptors (Lipinski definition) is 4. The van der Waals surface area contributed by atoms with Crippen molar-refractivity contribution in [3.05, 3.63) is 21.9 Å². The van der Waals surface area contributed by atoms with Crippen molar-refractivity contribution in [2.24, 2.45) is 0 Å².